The molecule has 3 fully saturated rings. The molecule has 210 valence electrons. The third-order valence-corrected chi connectivity index (χ3v) is 8.68. The van der Waals surface area contributed by atoms with Crippen molar-refractivity contribution in [1.82, 2.24) is 0 Å². The van der Waals surface area contributed by atoms with E-state index in [0.29, 0.717) is 46.2 Å². The van der Waals surface area contributed by atoms with Gasteiger partial charge in [-0.05, 0) is 35.9 Å². The number of nitrogens with zero attached hydrogens (tertiary/aromatic N) is 1. The number of carbonyl (C=O) groups excluding carboxylic acids is 2. The van der Waals surface area contributed by atoms with Gasteiger partial charge in [-0.3, -0.25) is 0 Å². The summed E-state index contributed by atoms with van der Waals surface area (Å²) in [6.07, 6.45) is 2.99. The maximum absolute atomic E-state index is 13.1. The number of morpholine rings is 1. The third-order valence-electron chi connectivity index (χ3n) is 6.72. The number of piperidine rings is 1. The minimum atomic E-state index is -1.72. The monoisotopic (exact) mass is 633 g/mol. The van der Waals surface area contributed by atoms with E-state index in [9.17, 15) is 24.6 Å². The molecule has 10 nitrogen and oxygen atoms in total. The average molecular weight is 635 g/mol. The van der Waals surface area contributed by atoms with Gasteiger partial charge < -0.3 is 39.2 Å². The summed E-state index contributed by atoms with van der Waals surface area (Å²) in [6, 6.07) is 8.01. The number of epoxide rings is 1. The molecular formula is C25H32BrNO9S2. The molecule has 13 heteroatoms. The first-order chi connectivity index (χ1) is 17.5. The normalized spacial score (nSPS) is 26.0. The molecule has 2 aromatic rings. The van der Waals surface area contributed by atoms with E-state index < -0.39 is 23.5 Å². The lowest BCUT2D eigenvalue weighted by Gasteiger charge is -2.45. The number of ether oxygens (including phenoxy) is 2. The molecule has 38 heavy (non-hydrogen) atoms. The zero-order chi connectivity index (χ0) is 27.4. The number of fused-ring (bicyclic) bond motifs is 5. The molecule has 3 saturated heterocycles. The van der Waals surface area contributed by atoms with E-state index in [2.05, 4.69) is 14.1 Å². The second-order valence-electron chi connectivity index (χ2n) is 9.30. The quantitative estimate of drug-likeness (QED) is 0.185. The van der Waals surface area contributed by atoms with Gasteiger partial charge in [-0.15, -0.1) is 39.7 Å². The van der Waals surface area contributed by atoms with Crippen LogP contribution in [0.25, 0.3) is 0 Å². The zero-order valence-electron chi connectivity index (χ0n) is 21.1. The molecule has 3 aliphatic heterocycles. The lowest BCUT2D eigenvalue weighted by Crippen LogP contribution is -2.60. The Morgan fingerprint density at radius 1 is 1.11 bits per heavy atom. The van der Waals surface area contributed by atoms with Crippen molar-refractivity contribution < 1.29 is 48.8 Å². The first kappa shape index (κ1) is 32.1. The van der Waals surface area contributed by atoms with Crippen LogP contribution in [0.5, 0.6) is 0 Å². The Morgan fingerprint density at radius 3 is 1.92 bits per heavy atom. The summed E-state index contributed by atoms with van der Waals surface area (Å²) in [5.41, 5.74) is -1.72. The number of carbonyl (C=O) groups is 3. The van der Waals surface area contributed by atoms with Crippen LogP contribution in [0.15, 0.2) is 47.2 Å². The molecule has 1 unspecified atom stereocenters. The Labute approximate surface area is 239 Å². The molecule has 5 atom stereocenters. The molecule has 3 aliphatic rings. The van der Waals surface area contributed by atoms with Crippen LogP contribution in [-0.2, 0) is 29.5 Å². The van der Waals surface area contributed by atoms with E-state index in [1.165, 1.54) is 22.7 Å². The Morgan fingerprint density at radius 2 is 1.58 bits per heavy atom. The van der Waals surface area contributed by atoms with Crippen molar-refractivity contribution in [3.63, 3.8) is 0 Å². The Kier molecular flexibility index (Phi) is 11.2. The third kappa shape index (κ3) is 6.89. The molecule has 0 saturated carbocycles. The first-order valence-electron chi connectivity index (χ1n) is 11.7. The number of thiophene rings is 2. The number of aliphatic carboxylic acids is 2. The van der Waals surface area contributed by atoms with Crippen LogP contribution in [0.2, 0.25) is 0 Å². The van der Waals surface area contributed by atoms with Crippen molar-refractivity contribution in [2.24, 2.45) is 0 Å². The molecule has 0 amide bonds. The minimum absolute atomic E-state index is 0. The number of carboxylic acids is 2. The lowest BCUT2D eigenvalue weighted by molar-refractivity contribution is -0.938. The predicted octanol–water partition coefficient (Wildman–Crippen LogP) is 1.30. The highest BCUT2D eigenvalue weighted by Crippen LogP contribution is 2.52. The highest BCUT2D eigenvalue weighted by molar-refractivity contribution is 8.93. The van der Waals surface area contributed by atoms with E-state index in [-0.39, 0.29) is 29.7 Å². The van der Waals surface area contributed by atoms with E-state index in [4.69, 9.17) is 19.7 Å². The van der Waals surface area contributed by atoms with Gasteiger partial charge in [-0.1, -0.05) is 12.1 Å². The SMILES string of the molecule is Br.CCO.C[N+]1(C)[C@@H]2CC(OC(=O)C(O)(c3cccs3)c3cccs3)C[C@H]1[C@@H]1O[C@@H]12.O=C([O-])C=CC(=O)O. The highest BCUT2D eigenvalue weighted by Gasteiger charge is 2.71. The molecule has 3 N–H and O–H groups in total. The van der Waals surface area contributed by atoms with Crippen LogP contribution in [0, 0.1) is 0 Å². The molecule has 0 radical (unpaired) electrons. The van der Waals surface area contributed by atoms with Crippen LogP contribution in [0.3, 0.4) is 0 Å². The number of aliphatic hydroxyl groups is 2. The van der Waals surface area contributed by atoms with Crippen LogP contribution in [0.1, 0.15) is 29.5 Å². The van der Waals surface area contributed by atoms with Crippen molar-refractivity contribution >= 4 is 57.6 Å². The van der Waals surface area contributed by atoms with Crippen LogP contribution >= 0.6 is 39.7 Å². The smallest absolute Gasteiger partial charge is 0.349 e. The number of aliphatic hydroxyl groups excluding tert-OH is 1. The first-order valence-corrected chi connectivity index (χ1v) is 13.5. The molecule has 2 aromatic heterocycles. The van der Waals surface area contributed by atoms with Gasteiger partial charge in [0.1, 0.15) is 30.4 Å². The minimum Gasteiger partial charge on any atom is -0.545 e. The molecule has 5 rings (SSSR count). The predicted molar refractivity (Wildman–Crippen MR) is 144 cm³/mol. The lowest BCUT2D eigenvalue weighted by atomic mass is 9.95. The number of rotatable bonds is 6. The summed E-state index contributed by atoms with van der Waals surface area (Å²) in [6.45, 7) is 1.93. The standard InChI is InChI=1S/C19H22NO4S2.C4H4O4.C2H6O.BrH/c1-20(2)12-9-11(10-13(20)17-16(12)24-17)23-18(21)19(22,14-5-3-7-25-14)15-6-4-8-26-15;5-3(6)1-2-4(7)8;1-2-3;/h3-8,11-13,16-17,22H,9-10H2,1-2H3;1-2H,(H,5,6)(H,7,8);3H,2H2,1H3;1H/q+1;;;/p-1/t11?,12-,13+,16-,17+;;;. The van der Waals surface area contributed by atoms with Crippen LogP contribution in [0.4, 0.5) is 0 Å². The van der Waals surface area contributed by atoms with Gasteiger partial charge in [0.05, 0.1) is 29.8 Å². The summed E-state index contributed by atoms with van der Waals surface area (Å²) >= 11 is 2.74. The van der Waals surface area contributed by atoms with E-state index in [0.717, 1.165) is 17.3 Å². The molecule has 0 aliphatic carbocycles. The second-order valence-corrected chi connectivity index (χ2v) is 11.2. The van der Waals surface area contributed by atoms with Gasteiger partial charge in [0.15, 0.2) is 0 Å². The van der Waals surface area contributed by atoms with Crippen molar-refractivity contribution in [3.8, 4) is 0 Å². The average Bonchev–Trinajstić information content (AvgIpc) is 3.18. The van der Waals surface area contributed by atoms with Crippen molar-refractivity contribution in [3.05, 3.63) is 56.9 Å². The van der Waals surface area contributed by atoms with Gasteiger partial charge >= 0.3 is 11.9 Å². The Bertz CT molecular complexity index is 1030. The van der Waals surface area contributed by atoms with Crippen molar-refractivity contribution in [1.29, 1.82) is 0 Å². The molecule has 0 spiro atoms. The summed E-state index contributed by atoms with van der Waals surface area (Å²) in [7, 11) is 4.49. The fraction of sp³-hybridized carbons (Fsp3) is 0.480. The summed E-state index contributed by atoms with van der Waals surface area (Å²) < 4.78 is 12.6. The summed E-state index contributed by atoms with van der Waals surface area (Å²) in [5, 5.41) is 39.9. The van der Waals surface area contributed by atoms with Gasteiger partial charge in [-0.25, -0.2) is 9.59 Å². The molecular weight excluding hydrogens is 602 g/mol. The maximum atomic E-state index is 13.1. The fourth-order valence-electron chi connectivity index (χ4n) is 4.97. The Hall–Kier alpha value is -2.13. The second kappa shape index (κ2) is 13.3. The molecule has 5 heterocycles. The molecule has 2 bridgehead atoms. The number of hydrogen-bond donors (Lipinski definition) is 3. The van der Waals surface area contributed by atoms with E-state index >= 15 is 0 Å². The topological polar surface area (TPSA) is 157 Å². The summed E-state index contributed by atoms with van der Waals surface area (Å²) in [5.74, 6) is -3.37. The van der Waals surface area contributed by atoms with Gasteiger partial charge in [0.2, 0.25) is 5.60 Å². The van der Waals surface area contributed by atoms with E-state index in [1.54, 1.807) is 19.1 Å². The van der Waals surface area contributed by atoms with Crippen LogP contribution in [-0.4, -0.2) is 88.8 Å². The van der Waals surface area contributed by atoms with Crippen molar-refractivity contribution in [2.75, 3.05) is 20.7 Å². The highest BCUT2D eigenvalue weighted by atomic mass is 79.9. The molecule has 0 aromatic carbocycles. The zero-order valence-corrected chi connectivity index (χ0v) is 24.4. The number of esters is 1. The van der Waals surface area contributed by atoms with E-state index in [1.807, 2.05) is 22.9 Å². The fourth-order valence-corrected chi connectivity index (χ4v) is 6.68. The number of halogens is 1. The number of quaternary nitrogens is 1. The van der Waals surface area contributed by atoms with Crippen LogP contribution < -0.4 is 5.11 Å². The van der Waals surface area contributed by atoms with Crippen molar-refractivity contribution in [2.45, 2.75) is 55.8 Å². The van der Waals surface area contributed by atoms with Gasteiger partial charge in [0, 0.05) is 25.5 Å². The number of hydrogen-bond acceptors (Lipinski definition) is 10. The van der Waals surface area contributed by atoms with Gasteiger partial charge in [-0.2, -0.15) is 0 Å². The number of carboxylic acid groups (broad SMARTS) is 2. The Balaban J connectivity index is 0.000000363. The van der Waals surface area contributed by atoms with Gasteiger partial charge in [0.25, 0.3) is 0 Å². The maximum Gasteiger partial charge on any atom is 0.349 e. The largest absolute Gasteiger partial charge is 0.545 e. The number of likely N-dealkylation sites (N-methyl/N-ethyl adjacent to an activating group) is 1. The summed E-state index contributed by atoms with van der Waals surface area (Å²) in [4.78, 5) is 33.3.